The zero-order valence-electron chi connectivity index (χ0n) is 8.50. The summed E-state index contributed by atoms with van der Waals surface area (Å²) in [4.78, 5) is 10.8. The van der Waals surface area contributed by atoms with E-state index >= 15 is 0 Å². The number of nitrogens with two attached hydrogens (primary N) is 1. The van der Waals surface area contributed by atoms with Crippen LogP contribution in [0.4, 0.5) is 5.69 Å². The molecule has 1 aromatic heterocycles. The number of carboxylic acids is 1. The molecule has 0 saturated heterocycles. The van der Waals surface area contributed by atoms with E-state index < -0.39 is 5.97 Å². The predicted octanol–water partition coefficient (Wildman–Crippen LogP) is 2.33. The molecular formula is C11H11NO3. The topological polar surface area (TPSA) is 76.5 Å². The van der Waals surface area contributed by atoms with Gasteiger partial charge in [0, 0.05) is 11.1 Å². The minimum atomic E-state index is -1.07. The van der Waals surface area contributed by atoms with Gasteiger partial charge in [-0.05, 0) is 37.1 Å². The number of anilines is 1. The molecule has 0 radical (unpaired) electrons. The molecule has 15 heavy (non-hydrogen) atoms. The monoisotopic (exact) mass is 205 g/mol. The van der Waals surface area contributed by atoms with E-state index in [1.165, 1.54) is 6.07 Å². The first kappa shape index (κ1) is 9.58. The molecule has 3 N–H and O–H groups in total. The van der Waals surface area contributed by atoms with Crippen LogP contribution in [0.2, 0.25) is 0 Å². The number of benzene rings is 1. The number of fused-ring (bicyclic) bond motifs is 1. The molecule has 0 aliphatic heterocycles. The van der Waals surface area contributed by atoms with Gasteiger partial charge in [0.05, 0.1) is 0 Å². The van der Waals surface area contributed by atoms with Crippen molar-refractivity contribution in [2.45, 2.75) is 13.8 Å². The molecule has 0 aliphatic carbocycles. The summed E-state index contributed by atoms with van der Waals surface area (Å²) in [5.41, 5.74) is 8.73. The van der Waals surface area contributed by atoms with Gasteiger partial charge in [0.2, 0.25) is 5.76 Å². The first-order chi connectivity index (χ1) is 7.00. The molecule has 2 rings (SSSR count). The van der Waals surface area contributed by atoms with Crippen LogP contribution in [-0.4, -0.2) is 11.1 Å². The van der Waals surface area contributed by atoms with Crippen LogP contribution in [0.5, 0.6) is 0 Å². The summed E-state index contributed by atoms with van der Waals surface area (Å²) in [5.74, 6) is -1.12. The molecule has 0 atom stereocenters. The number of furan rings is 1. The number of carbonyl (C=O) groups is 1. The third-order valence-electron chi connectivity index (χ3n) is 2.51. The summed E-state index contributed by atoms with van der Waals surface area (Å²) in [6.07, 6.45) is 0. The maximum absolute atomic E-state index is 10.8. The second-order valence-corrected chi connectivity index (χ2v) is 3.57. The van der Waals surface area contributed by atoms with E-state index in [0.29, 0.717) is 11.3 Å². The third-order valence-corrected chi connectivity index (χ3v) is 2.51. The Morgan fingerprint density at radius 1 is 1.40 bits per heavy atom. The second-order valence-electron chi connectivity index (χ2n) is 3.57. The molecule has 4 heteroatoms. The van der Waals surface area contributed by atoms with Gasteiger partial charge in [0.15, 0.2) is 0 Å². The maximum atomic E-state index is 10.8. The van der Waals surface area contributed by atoms with E-state index in [-0.39, 0.29) is 5.76 Å². The van der Waals surface area contributed by atoms with Crippen LogP contribution >= 0.6 is 0 Å². The zero-order chi connectivity index (χ0) is 11.2. The molecule has 78 valence electrons. The molecule has 1 heterocycles. The zero-order valence-corrected chi connectivity index (χ0v) is 8.50. The first-order valence-electron chi connectivity index (χ1n) is 4.53. The Bertz CT molecular complexity index is 554. The summed E-state index contributed by atoms with van der Waals surface area (Å²) in [5, 5.41) is 9.58. The van der Waals surface area contributed by atoms with E-state index in [1.807, 2.05) is 13.8 Å². The highest BCUT2D eigenvalue weighted by molar-refractivity contribution is 5.95. The van der Waals surface area contributed by atoms with Crippen molar-refractivity contribution < 1.29 is 14.3 Å². The molecule has 0 aliphatic rings. The summed E-state index contributed by atoms with van der Waals surface area (Å²) in [6, 6.07) is 3.29. The molecule has 0 fully saturated rings. The molecule has 4 nitrogen and oxygen atoms in total. The SMILES string of the molecule is Cc1c(N)cc(C)c2oc(C(=O)O)cc12. The van der Waals surface area contributed by atoms with Crippen molar-refractivity contribution in [1.82, 2.24) is 0 Å². The minimum Gasteiger partial charge on any atom is -0.475 e. The van der Waals surface area contributed by atoms with Crippen LogP contribution in [-0.2, 0) is 0 Å². The van der Waals surface area contributed by atoms with E-state index in [2.05, 4.69) is 0 Å². The molecule has 0 saturated carbocycles. The molecule has 0 bridgehead atoms. The number of carboxylic acid groups (broad SMARTS) is 1. The van der Waals surface area contributed by atoms with E-state index in [1.54, 1.807) is 6.07 Å². The highest BCUT2D eigenvalue weighted by atomic mass is 16.4. The number of nitrogen functional groups attached to an aromatic ring is 1. The highest BCUT2D eigenvalue weighted by Crippen LogP contribution is 2.29. The number of hydrogen-bond acceptors (Lipinski definition) is 3. The minimum absolute atomic E-state index is 0.0539. The summed E-state index contributed by atoms with van der Waals surface area (Å²) in [6.45, 7) is 3.69. The van der Waals surface area contributed by atoms with Crippen molar-refractivity contribution >= 4 is 22.6 Å². The maximum Gasteiger partial charge on any atom is 0.371 e. The standard InChI is InChI=1S/C11H11NO3/c1-5-3-8(12)6(2)7-4-9(11(13)14)15-10(5)7/h3-4H,12H2,1-2H3,(H,13,14). The van der Waals surface area contributed by atoms with E-state index in [9.17, 15) is 4.79 Å². The molecule has 0 spiro atoms. The van der Waals surface area contributed by atoms with Gasteiger partial charge in [0.1, 0.15) is 5.58 Å². The van der Waals surface area contributed by atoms with Gasteiger partial charge in [-0.2, -0.15) is 0 Å². The fourth-order valence-electron chi connectivity index (χ4n) is 1.63. The van der Waals surface area contributed by atoms with Crippen molar-refractivity contribution in [2.75, 3.05) is 5.73 Å². The molecule has 0 unspecified atom stereocenters. The van der Waals surface area contributed by atoms with Crippen molar-refractivity contribution in [1.29, 1.82) is 0 Å². The number of aromatic carboxylic acids is 1. The quantitative estimate of drug-likeness (QED) is 0.700. The van der Waals surface area contributed by atoms with Gasteiger partial charge in [-0.25, -0.2) is 4.79 Å². The van der Waals surface area contributed by atoms with Crippen LogP contribution in [0, 0.1) is 13.8 Å². The van der Waals surface area contributed by atoms with Crippen LogP contribution < -0.4 is 5.73 Å². The number of rotatable bonds is 1. The molecule has 0 amide bonds. The smallest absolute Gasteiger partial charge is 0.371 e. The third kappa shape index (κ3) is 1.34. The van der Waals surface area contributed by atoms with Crippen LogP contribution in [0.1, 0.15) is 21.7 Å². The average molecular weight is 205 g/mol. The lowest BCUT2D eigenvalue weighted by molar-refractivity contribution is 0.0665. The lowest BCUT2D eigenvalue weighted by Crippen LogP contribution is -1.91. The van der Waals surface area contributed by atoms with Gasteiger partial charge >= 0.3 is 5.97 Å². The Morgan fingerprint density at radius 3 is 2.67 bits per heavy atom. The van der Waals surface area contributed by atoms with Crippen molar-refractivity contribution in [2.24, 2.45) is 0 Å². The van der Waals surface area contributed by atoms with Crippen molar-refractivity contribution in [3.05, 3.63) is 29.0 Å². The molecular weight excluding hydrogens is 194 g/mol. The molecule has 2 aromatic rings. The fraction of sp³-hybridized carbons (Fsp3) is 0.182. The lowest BCUT2D eigenvalue weighted by atomic mass is 10.1. The summed E-state index contributed by atoms with van der Waals surface area (Å²) < 4.78 is 5.24. The van der Waals surface area contributed by atoms with E-state index in [0.717, 1.165) is 16.5 Å². The van der Waals surface area contributed by atoms with Crippen LogP contribution in [0.15, 0.2) is 16.5 Å². The Hall–Kier alpha value is -1.97. The lowest BCUT2D eigenvalue weighted by Gasteiger charge is -2.02. The Balaban J connectivity index is 2.85. The van der Waals surface area contributed by atoms with E-state index in [4.69, 9.17) is 15.3 Å². The average Bonchev–Trinajstić information content (AvgIpc) is 2.59. The van der Waals surface area contributed by atoms with Crippen molar-refractivity contribution in [3.63, 3.8) is 0 Å². The largest absolute Gasteiger partial charge is 0.475 e. The fourth-order valence-corrected chi connectivity index (χ4v) is 1.63. The van der Waals surface area contributed by atoms with Gasteiger partial charge in [-0.1, -0.05) is 0 Å². The summed E-state index contributed by atoms with van der Waals surface area (Å²) >= 11 is 0. The second kappa shape index (κ2) is 3.02. The summed E-state index contributed by atoms with van der Waals surface area (Å²) in [7, 11) is 0. The van der Waals surface area contributed by atoms with Crippen LogP contribution in [0.3, 0.4) is 0 Å². The highest BCUT2D eigenvalue weighted by Gasteiger charge is 2.14. The van der Waals surface area contributed by atoms with Crippen molar-refractivity contribution in [3.8, 4) is 0 Å². The first-order valence-corrected chi connectivity index (χ1v) is 4.53. The van der Waals surface area contributed by atoms with Gasteiger partial charge in [0.25, 0.3) is 0 Å². The Morgan fingerprint density at radius 2 is 2.07 bits per heavy atom. The number of hydrogen-bond donors (Lipinski definition) is 2. The predicted molar refractivity (Wildman–Crippen MR) is 57.1 cm³/mol. The Kier molecular flexibility index (Phi) is 1.93. The number of aryl methyl sites for hydroxylation is 2. The molecule has 1 aromatic carbocycles. The normalized spacial score (nSPS) is 10.8. The van der Waals surface area contributed by atoms with Crippen LogP contribution in [0.25, 0.3) is 11.0 Å². The van der Waals surface area contributed by atoms with Gasteiger partial charge in [-0.3, -0.25) is 0 Å². The van der Waals surface area contributed by atoms with Gasteiger partial charge in [-0.15, -0.1) is 0 Å². The van der Waals surface area contributed by atoms with Gasteiger partial charge < -0.3 is 15.3 Å². The Labute approximate surface area is 86.3 Å².